The Hall–Kier alpha value is -0.657. The zero-order valence-electron chi connectivity index (χ0n) is 9.11. The summed E-state index contributed by atoms with van der Waals surface area (Å²) in [4.78, 5) is 0. The molecule has 0 heterocycles. The van der Waals surface area contributed by atoms with Gasteiger partial charge in [-0.05, 0) is 17.7 Å². The van der Waals surface area contributed by atoms with Crippen LogP contribution >= 0.6 is 13.6 Å². The van der Waals surface area contributed by atoms with Crippen molar-refractivity contribution in [2.24, 2.45) is 0 Å². The van der Waals surface area contributed by atoms with Gasteiger partial charge in [-0.15, -0.1) is 5.56 Å². The van der Waals surface area contributed by atoms with Gasteiger partial charge in [0.05, 0.1) is 7.11 Å². The van der Waals surface area contributed by atoms with Crippen LogP contribution in [0.25, 0.3) is 11.1 Å². The number of benzene rings is 2. The first kappa shape index (κ1) is 13.4. The summed E-state index contributed by atoms with van der Waals surface area (Å²) in [5.41, 5.74) is 2.35. The second kappa shape index (κ2) is 7.59. The van der Waals surface area contributed by atoms with E-state index in [2.05, 4.69) is 25.8 Å². The van der Waals surface area contributed by atoms with Gasteiger partial charge in [-0.25, -0.2) is 0 Å². The third kappa shape index (κ3) is 3.73. The van der Waals surface area contributed by atoms with Crippen LogP contribution in [0.2, 0.25) is 0 Å². The summed E-state index contributed by atoms with van der Waals surface area (Å²) < 4.78 is 5.17. The average Bonchev–Trinajstić information content (AvgIpc) is 2.42. The molecular weight excluding hydrogens is 317 g/mol. The summed E-state index contributed by atoms with van der Waals surface area (Å²) in [5, 5.41) is 0. The van der Waals surface area contributed by atoms with Crippen LogP contribution in [-0.2, 0) is 16.3 Å². The molecule has 0 aliphatic carbocycles. The Morgan fingerprint density at radius 2 is 1.75 bits per heavy atom. The van der Waals surface area contributed by atoms with Crippen molar-refractivity contribution in [1.29, 1.82) is 0 Å². The molecule has 0 radical (unpaired) electrons. The van der Waals surface area contributed by atoms with Crippen LogP contribution in [0.3, 0.4) is 0 Å². The van der Waals surface area contributed by atoms with E-state index in [1.807, 2.05) is 42.5 Å². The van der Waals surface area contributed by atoms with Crippen molar-refractivity contribution >= 4 is 13.6 Å². The molecule has 0 bridgehead atoms. The topological polar surface area (TPSA) is 9.23 Å². The summed E-state index contributed by atoms with van der Waals surface area (Å²) in [5.74, 6) is 0.885. The molecule has 0 saturated heterocycles. The molecule has 16 heavy (non-hydrogen) atoms. The van der Waals surface area contributed by atoms with Crippen molar-refractivity contribution in [3.05, 3.63) is 54.6 Å². The van der Waals surface area contributed by atoms with Crippen LogP contribution < -0.4 is 4.74 Å². The number of hydrogen-bond donors (Lipinski definition) is 0. The molecule has 0 fully saturated rings. The van der Waals surface area contributed by atoms with Gasteiger partial charge in [0, 0.05) is 0 Å². The van der Waals surface area contributed by atoms with E-state index in [0.717, 1.165) is 5.75 Å². The molecule has 0 aliphatic rings. The van der Waals surface area contributed by atoms with Gasteiger partial charge in [0.25, 0.3) is 0 Å². The van der Waals surface area contributed by atoms with E-state index in [4.69, 9.17) is 4.74 Å². The average molecular weight is 329 g/mol. The molecule has 0 saturated carbocycles. The van der Waals surface area contributed by atoms with Gasteiger partial charge in [-0.1, -0.05) is 12.1 Å². The van der Waals surface area contributed by atoms with E-state index in [-0.39, 0.29) is 0 Å². The fourth-order valence-corrected chi connectivity index (χ4v) is 1.38. The molecular formula is C13H11BrOZn. The molecule has 3 heteroatoms. The molecule has 1 nitrogen and oxygen atoms in total. The molecule has 0 unspecified atom stereocenters. The predicted octanol–water partition coefficient (Wildman–Crippen LogP) is 4.01. The number of halogens is 1. The Morgan fingerprint density at radius 1 is 1.06 bits per heavy atom. The first-order valence-electron chi connectivity index (χ1n) is 4.77. The van der Waals surface area contributed by atoms with E-state index in [1.54, 1.807) is 7.11 Å². The second-order valence-corrected chi connectivity index (χ2v) is 3.02. The molecule has 2 aromatic rings. The van der Waals surface area contributed by atoms with E-state index in [9.17, 15) is 0 Å². The molecule has 0 amide bonds. The molecule has 2 rings (SSSR count). The molecule has 0 aromatic heterocycles. The van der Waals surface area contributed by atoms with Crippen molar-refractivity contribution in [3.8, 4) is 16.9 Å². The van der Waals surface area contributed by atoms with E-state index < -0.39 is 0 Å². The Morgan fingerprint density at radius 3 is 2.38 bits per heavy atom. The van der Waals surface area contributed by atoms with Crippen molar-refractivity contribution in [2.75, 3.05) is 7.11 Å². The van der Waals surface area contributed by atoms with Crippen LogP contribution in [0.4, 0.5) is 0 Å². The molecule has 0 N–H and O–H groups in total. The second-order valence-electron chi connectivity index (χ2n) is 3.02. The van der Waals surface area contributed by atoms with Gasteiger partial charge in [0.15, 0.2) is 0 Å². The van der Waals surface area contributed by atoms with Gasteiger partial charge < -0.3 is 4.74 Å². The van der Waals surface area contributed by atoms with Crippen LogP contribution in [0.15, 0.2) is 48.5 Å². The van der Waals surface area contributed by atoms with Gasteiger partial charge in [-0.2, -0.15) is 30.3 Å². The van der Waals surface area contributed by atoms with Crippen molar-refractivity contribution in [3.63, 3.8) is 0 Å². The Labute approximate surface area is 113 Å². The van der Waals surface area contributed by atoms with Gasteiger partial charge in [0.1, 0.15) is 5.75 Å². The fraction of sp³-hybridized carbons (Fsp3) is 0.0769. The zero-order chi connectivity index (χ0) is 11.8. The standard InChI is InChI=1S/C13H11O.BrH.Zn/c1-14-13-9-5-8-12(10-13)11-6-3-2-4-7-11;;/h3-10H,1H3;1H;/q-1;;+2/p-1. The third-order valence-electron chi connectivity index (χ3n) is 2.12. The molecule has 0 aliphatic heterocycles. The fourth-order valence-electron chi connectivity index (χ4n) is 1.38. The van der Waals surface area contributed by atoms with Crippen molar-refractivity contribution in [2.45, 2.75) is 0 Å². The number of methoxy groups -OCH3 is 1. The Bertz CT molecular complexity index is 417. The summed E-state index contributed by atoms with van der Waals surface area (Å²) in [6, 6.07) is 18.9. The van der Waals surface area contributed by atoms with Crippen LogP contribution in [0.1, 0.15) is 0 Å². The Kier molecular flexibility index (Phi) is 6.36. The van der Waals surface area contributed by atoms with Crippen LogP contribution in [0, 0.1) is 6.07 Å². The molecule has 2 aromatic carbocycles. The van der Waals surface area contributed by atoms with E-state index in [1.165, 1.54) is 27.5 Å². The normalized spacial score (nSPS) is 9.00. The van der Waals surface area contributed by atoms with Gasteiger partial charge in [-0.3, -0.25) is 0 Å². The first-order valence-corrected chi connectivity index (χ1v) is 11.7. The Balaban J connectivity index is 0.000000606. The number of ether oxygens (including phenoxy) is 1. The zero-order valence-corrected chi connectivity index (χ0v) is 13.7. The molecule has 0 spiro atoms. The maximum atomic E-state index is 5.17. The van der Waals surface area contributed by atoms with Crippen molar-refractivity contribution < 1.29 is 21.1 Å². The number of rotatable bonds is 2. The van der Waals surface area contributed by atoms with Crippen molar-refractivity contribution in [1.82, 2.24) is 0 Å². The third-order valence-corrected chi connectivity index (χ3v) is 2.12. The van der Waals surface area contributed by atoms with Gasteiger partial charge in [0.2, 0.25) is 0 Å². The molecule has 78 valence electrons. The maximum absolute atomic E-state index is 5.17. The monoisotopic (exact) mass is 326 g/mol. The summed E-state index contributed by atoms with van der Waals surface area (Å²) in [6.07, 6.45) is 0. The van der Waals surface area contributed by atoms with Crippen LogP contribution in [0.5, 0.6) is 5.75 Å². The van der Waals surface area contributed by atoms with Crippen LogP contribution in [-0.4, -0.2) is 7.11 Å². The summed E-state index contributed by atoms with van der Waals surface area (Å²) in [6.45, 7) is 0. The minimum atomic E-state index is 0.885. The minimum absolute atomic E-state index is 0.885. The van der Waals surface area contributed by atoms with Gasteiger partial charge >= 0.3 is 30.0 Å². The summed E-state index contributed by atoms with van der Waals surface area (Å²) in [7, 11) is 1.68. The molecule has 0 atom stereocenters. The quantitative estimate of drug-likeness (QED) is 0.598. The SMILES string of the molecule is COc1cccc(-c2cc[c-]cc2)c1.[Zn+][Br]. The summed E-state index contributed by atoms with van der Waals surface area (Å²) >= 11 is 4.25. The van der Waals surface area contributed by atoms with E-state index >= 15 is 0 Å². The number of hydrogen-bond acceptors (Lipinski definition) is 1. The predicted molar refractivity (Wildman–Crippen MR) is 66.2 cm³/mol. The first-order chi connectivity index (χ1) is 7.90. The van der Waals surface area contributed by atoms with E-state index in [0.29, 0.717) is 0 Å².